The predicted molar refractivity (Wildman–Crippen MR) is 82.8 cm³/mol. The zero-order chi connectivity index (χ0) is 15.0. The van der Waals surface area contributed by atoms with Gasteiger partial charge in [0.15, 0.2) is 10.8 Å². The topological polar surface area (TPSA) is 75.1 Å². The van der Waals surface area contributed by atoms with Crippen molar-refractivity contribution in [2.45, 2.75) is 27.2 Å². The van der Waals surface area contributed by atoms with Crippen LogP contribution in [0.1, 0.15) is 37.0 Å². The van der Waals surface area contributed by atoms with Gasteiger partial charge >= 0.3 is 0 Å². The van der Waals surface area contributed by atoms with Gasteiger partial charge in [-0.2, -0.15) is 5.10 Å². The molecule has 0 spiro atoms. The van der Waals surface area contributed by atoms with Crippen molar-refractivity contribution in [3.8, 4) is 0 Å². The van der Waals surface area contributed by atoms with Crippen molar-refractivity contribution in [3.63, 3.8) is 0 Å². The summed E-state index contributed by atoms with van der Waals surface area (Å²) in [6.45, 7) is 6.48. The average molecular weight is 303 g/mol. The van der Waals surface area contributed by atoms with Gasteiger partial charge in [0.25, 0.3) is 5.91 Å². The van der Waals surface area contributed by atoms with E-state index < -0.39 is 0 Å². The van der Waals surface area contributed by atoms with Crippen molar-refractivity contribution in [1.82, 2.24) is 19.6 Å². The number of anilines is 1. The van der Waals surface area contributed by atoms with Crippen LogP contribution in [-0.2, 0) is 6.42 Å². The molecule has 6 nitrogen and oxygen atoms in total. The molecular weight excluding hydrogens is 286 g/mol. The number of nitrogens with zero attached hydrogens (tertiary/aromatic N) is 3. The Morgan fingerprint density at radius 1 is 1.48 bits per heavy atom. The van der Waals surface area contributed by atoms with Gasteiger partial charge in [-0.1, -0.05) is 20.8 Å². The molecule has 0 saturated heterocycles. The third-order valence-electron chi connectivity index (χ3n) is 2.97. The lowest BCUT2D eigenvalue weighted by molar-refractivity contribution is 0.102. The number of carbonyl (C=O) groups excluding carboxylic acids is 1. The van der Waals surface area contributed by atoms with Crippen LogP contribution in [0.3, 0.4) is 0 Å². The van der Waals surface area contributed by atoms with Crippen molar-refractivity contribution in [2.75, 3.05) is 5.32 Å². The number of fused-ring (bicyclic) bond motifs is 1. The van der Waals surface area contributed by atoms with E-state index in [2.05, 4.69) is 41.3 Å². The highest BCUT2D eigenvalue weighted by molar-refractivity contribution is 7.15. The van der Waals surface area contributed by atoms with Crippen LogP contribution in [0.2, 0.25) is 0 Å². The summed E-state index contributed by atoms with van der Waals surface area (Å²) in [5.74, 6) is 0.353. The van der Waals surface area contributed by atoms with Gasteiger partial charge in [-0.05, 0) is 11.8 Å². The van der Waals surface area contributed by atoms with Crippen molar-refractivity contribution in [3.05, 3.63) is 35.2 Å². The van der Waals surface area contributed by atoms with Crippen LogP contribution in [-0.4, -0.2) is 25.5 Å². The number of carbonyl (C=O) groups is 1. The molecule has 0 aliphatic carbocycles. The molecule has 0 aliphatic rings. The molecule has 0 aliphatic heterocycles. The Morgan fingerprint density at radius 3 is 3.05 bits per heavy atom. The number of nitrogens with one attached hydrogen (secondary N) is 2. The quantitative estimate of drug-likeness (QED) is 0.781. The molecule has 7 heteroatoms. The fourth-order valence-electron chi connectivity index (χ4n) is 2.16. The summed E-state index contributed by atoms with van der Waals surface area (Å²) in [5.41, 5.74) is 1.74. The van der Waals surface area contributed by atoms with Crippen molar-refractivity contribution in [2.24, 2.45) is 5.41 Å². The maximum Gasteiger partial charge on any atom is 0.274 e. The lowest BCUT2D eigenvalue weighted by atomic mass is 9.91. The molecular formula is C14H17N5OS. The molecule has 1 amide bonds. The molecule has 0 atom stereocenters. The number of aromatic amines is 1. The first-order valence-corrected chi connectivity index (χ1v) is 7.56. The second-order valence-electron chi connectivity index (χ2n) is 6.17. The lowest BCUT2D eigenvalue weighted by Crippen LogP contribution is -2.14. The predicted octanol–water partition coefficient (Wildman–Crippen LogP) is 2.96. The number of imidazole rings is 1. The number of H-pyrrole nitrogens is 1. The van der Waals surface area contributed by atoms with E-state index in [9.17, 15) is 4.79 Å². The van der Waals surface area contributed by atoms with Crippen molar-refractivity contribution in [1.29, 1.82) is 0 Å². The van der Waals surface area contributed by atoms with Gasteiger partial charge in [-0.25, -0.2) is 4.98 Å². The lowest BCUT2D eigenvalue weighted by Gasteiger charge is -2.15. The third kappa shape index (κ3) is 2.97. The van der Waals surface area contributed by atoms with Gasteiger partial charge in [0, 0.05) is 29.5 Å². The van der Waals surface area contributed by atoms with Crippen LogP contribution in [0.25, 0.3) is 4.96 Å². The maximum absolute atomic E-state index is 12.3. The summed E-state index contributed by atoms with van der Waals surface area (Å²) in [6, 6.07) is 1.88. The standard InChI is InChI=1S/C14H17N5OS/c1-14(2,3)7-9-6-11(18-17-9)16-12(20)10-8-21-13-15-4-5-19(10)13/h4-6,8H,7H2,1-3H3,(H2,16,17,18,20). The molecule has 0 radical (unpaired) electrons. The zero-order valence-electron chi connectivity index (χ0n) is 12.2. The number of rotatable bonds is 3. The Hall–Kier alpha value is -2.15. The molecule has 0 fully saturated rings. The van der Waals surface area contributed by atoms with E-state index in [1.807, 2.05) is 6.07 Å². The molecule has 0 aromatic carbocycles. The highest BCUT2D eigenvalue weighted by Gasteiger charge is 2.16. The Balaban J connectivity index is 1.75. The van der Waals surface area contributed by atoms with E-state index in [1.165, 1.54) is 11.3 Å². The smallest absolute Gasteiger partial charge is 0.274 e. The highest BCUT2D eigenvalue weighted by atomic mass is 32.1. The van der Waals surface area contributed by atoms with E-state index in [0.29, 0.717) is 11.5 Å². The molecule has 110 valence electrons. The fourth-order valence-corrected chi connectivity index (χ4v) is 2.99. The van der Waals surface area contributed by atoms with Crippen LogP contribution in [0.5, 0.6) is 0 Å². The Labute approximate surface area is 126 Å². The summed E-state index contributed by atoms with van der Waals surface area (Å²) in [6.07, 6.45) is 4.33. The Kier molecular flexibility index (Phi) is 3.29. The number of thiazole rings is 1. The van der Waals surface area contributed by atoms with Gasteiger partial charge in [-0.15, -0.1) is 11.3 Å². The number of hydrogen-bond donors (Lipinski definition) is 2. The Bertz CT molecular complexity index is 777. The van der Waals surface area contributed by atoms with Gasteiger partial charge < -0.3 is 5.32 Å². The minimum absolute atomic E-state index is 0.171. The van der Waals surface area contributed by atoms with E-state index >= 15 is 0 Å². The van der Waals surface area contributed by atoms with Gasteiger partial charge in [-0.3, -0.25) is 14.3 Å². The summed E-state index contributed by atoms with van der Waals surface area (Å²) in [4.78, 5) is 17.2. The van der Waals surface area contributed by atoms with E-state index in [4.69, 9.17) is 0 Å². The number of amides is 1. The first-order valence-electron chi connectivity index (χ1n) is 6.68. The van der Waals surface area contributed by atoms with Crippen LogP contribution in [0.15, 0.2) is 23.8 Å². The van der Waals surface area contributed by atoms with Crippen molar-refractivity contribution < 1.29 is 4.79 Å². The maximum atomic E-state index is 12.3. The number of hydrogen-bond acceptors (Lipinski definition) is 4. The number of aromatic nitrogens is 4. The first kappa shape index (κ1) is 13.8. The second kappa shape index (κ2) is 5.00. The largest absolute Gasteiger partial charge is 0.304 e. The van der Waals surface area contributed by atoms with Crippen LogP contribution in [0, 0.1) is 5.41 Å². The Morgan fingerprint density at radius 2 is 2.29 bits per heavy atom. The molecule has 2 N–H and O–H groups in total. The van der Waals surface area contributed by atoms with Crippen molar-refractivity contribution >= 4 is 28.0 Å². The van der Waals surface area contributed by atoms with E-state index in [0.717, 1.165) is 17.1 Å². The molecule has 0 unspecified atom stereocenters. The van der Waals surface area contributed by atoms with E-state index in [1.54, 1.807) is 22.2 Å². The third-order valence-corrected chi connectivity index (χ3v) is 3.82. The second-order valence-corrected chi connectivity index (χ2v) is 7.01. The van der Waals surface area contributed by atoms with Crippen LogP contribution >= 0.6 is 11.3 Å². The van der Waals surface area contributed by atoms with Crippen LogP contribution in [0.4, 0.5) is 5.82 Å². The summed E-state index contributed by atoms with van der Waals surface area (Å²) < 4.78 is 1.77. The normalized spacial score (nSPS) is 12.0. The summed E-state index contributed by atoms with van der Waals surface area (Å²) in [7, 11) is 0. The summed E-state index contributed by atoms with van der Waals surface area (Å²) >= 11 is 1.44. The molecule has 21 heavy (non-hydrogen) atoms. The molecule has 3 rings (SSSR count). The van der Waals surface area contributed by atoms with E-state index in [-0.39, 0.29) is 11.3 Å². The van der Waals surface area contributed by atoms with Gasteiger partial charge in [0.1, 0.15) is 5.69 Å². The van der Waals surface area contributed by atoms with Gasteiger partial charge in [0.05, 0.1) is 0 Å². The molecule has 3 heterocycles. The van der Waals surface area contributed by atoms with Crippen LogP contribution < -0.4 is 5.32 Å². The molecule has 3 aromatic rings. The first-order chi connectivity index (χ1) is 9.92. The zero-order valence-corrected chi connectivity index (χ0v) is 13.0. The molecule has 0 saturated carbocycles. The highest BCUT2D eigenvalue weighted by Crippen LogP contribution is 2.21. The average Bonchev–Trinajstić information content (AvgIpc) is 3.02. The molecule has 3 aromatic heterocycles. The monoisotopic (exact) mass is 303 g/mol. The minimum atomic E-state index is -0.187. The summed E-state index contributed by atoms with van der Waals surface area (Å²) in [5, 5.41) is 11.7. The van der Waals surface area contributed by atoms with Gasteiger partial charge in [0.2, 0.25) is 0 Å². The minimum Gasteiger partial charge on any atom is -0.304 e. The molecule has 0 bridgehead atoms. The fraction of sp³-hybridized carbons (Fsp3) is 0.357. The SMILES string of the molecule is CC(C)(C)Cc1cc(NC(=O)c2csc3nccn23)n[nH]1.